The standard InChI is InChI=1S/C14H20F3N3O/c1-9(2)19-7-10-4-5-11(20(3)8-13(18)21)6-12(10)14(15,16)17/h4-6,9,19H,7-8H2,1-3H3,(H2,18,21). The first-order chi connectivity index (χ1) is 9.61. The Hall–Kier alpha value is -1.76. The smallest absolute Gasteiger partial charge is 0.368 e. The fourth-order valence-corrected chi connectivity index (χ4v) is 1.86. The molecule has 4 nitrogen and oxygen atoms in total. The van der Waals surface area contributed by atoms with Crippen LogP contribution in [0.15, 0.2) is 18.2 Å². The number of hydrogen-bond acceptors (Lipinski definition) is 3. The Morgan fingerprint density at radius 1 is 1.38 bits per heavy atom. The maximum absolute atomic E-state index is 13.1. The van der Waals surface area contributed by atoms with Crippen LogP contribution in [0, 0.1) is 0 Å². The van der Waals surface area contributed by atoms with Crippen LogP contribution >= 0.6 is 0 Å². The summed E-state index contributed by atoms with van der Waals surface area (Å²) in [4.78, 5) is 12.2. The monoisotopic (exact) mass is 303 g/mol. The molecule has 0 fully saturated rings. The van der Waals surface area contributed by atoms with Gasteiger partial charge in [-0.15, -0.1) is 0 Å². The molecule has 1 rings (SSSR count). The first-order valence-electron chi connectivity index (χ1n) is 6.54. The second-order valence-corrected chi connectivity index (χ2v) is 5.20. The van der Waals surface area contributed by atoms with Crippen LogP contribution in [0.5, 0.6) is 0 Å². The van der Waals surface area contributed by atoms with Gasteiger partial charge >= 0.3 is 6.18 Å². The number of hydrogen-bond donors (Lipinski definition) is 2. The Balaban J connectivity index is 3.09. The van der Waals surface area contributed by atoms with Crippen molar-refractivity contribution in [1.29, 1.82) is 0 Å². The van der Waals surface area contributed by atoms with Crippen LogP contribution < -0.4 is 16.0 Å². The summed E-state index contributed by atoms with van der Waals surface area (Å²) in [5, 5.41) is 2.97. The lowest BCUT2D eigenvalue weighted by molar-refractivity contribution is -0.138. The summed E-state index contributed by atoms with van der Waals surface area (Å²) < 4.78 is 39.4. The second-order valence-electron chi connectivity index (χ2n) is 5.20. The average Bonchev–Trinajstić information content (AvgIpc) is 2.34. The van der Waals surface area contributed by atoms with Gasteiger partial charge in [-0.2, -0.15) is 13.2 Å². The van der Waals surface area contributed by atoms with Gasteiger partial charge in [0.2, 0.25) is 5.91 Å². The minimum absolute atomic E-state index is 0.0864. The van der Waals surface area contributed by atoms with Crippen LogP contribution in [0.25, 0.3) is 0 Å². The molecule has 0 saturated carbocycles. The molecular formula is C14H20F3N3O. The maximum Gasteiger partial charge on any atom is 0.416 e. The van der Waals surface area contributed by atoms with Crippen LogP contribution in [-0.2, 0) is 17.5 Å². The zero-order chi connectivity index (χ0) is 16.2. The summed E-state index contributed by atoms with van der Waals surface area (Å²) in [7, 11) is 1.52. The first kappa shape index (κ1) is 17.3. The van der Waals surface area contributed by atoms with Crippen molar-refractivity contribution >= 4 is 11.6 Å². The summed E-state index contributed by atoms with van der Waals surface area (Å²) in [6, 6.07) is 4.10. The molecule has 1 amide bonds. The lowest BCUT2D eigenvalue weighted by atomic mass is 10.0. The highest BCUT2D eigenvalue weighted by molar-refractivity contribution is 5.79. The number of benzene rings is 1. The number of nitrogens with zero attached hydrogens (tertiary/aromatic N) is 1. The van der Waals surface area contributed by atoms with Crippen molar-refractivity contribution in [2.45, 2.75) is 32.6 Å². The lowest BCUT2D eigenvalue weighted by Crippen LogP contribution is -2.31. The topological polar surface area (TPSA) is 58.4 Å². The highest BCUT2D eigenvalue weighted by Crippen LogP contribution is 2.34. The molecule has 3 N–H and O–H groups in total. The average molecular weight is 303 g/mol. The number of amides is 1. The van der Waals surface area contributed by atoms with Crippen molar-refractivity contribution in [1.82, 2.24) is 5.32 Å². The molecule has 0 aromatic heterocycles. The third-order valence-corrected chi connectivity index (χ3v) is 2.93. The largest absolute Gasteiger partial charge is 0.416 e. The van der Waals surface area contributed by atoms with Gasteiger partial charge in [0.05, 0.1) is 12.1 Å². The highest BCUT2D eigenvalue weighted by atomic mass is 19.4. The third-order valence-electron chi connectivity index (χ3n) is 2.93. The maximum atomic E-state index is 13.1. The minimum Gasteiger partial charge on any atom is -0.368 e. The van der Waals surface area contributed by atoms with E-state index in [-0.39, 0.29) is 24.7 Å². The van der Waals surface area contributed by atoms with E-state index in [4.69, 9.17) is 5.73 Å². The van der Waals surface area contributed by atoms with Crippen molar-refractivity contribution in [2.75, 3.05) is 18.5 Å². The normalized spacial score (nSPS) is 11.8. The van der Waals surface area contributed by atoms with Crippen LogP contribution in [-0.4, -0.2) is 25.5 Å². The number of carbonyl (C=O) groups is 1. The van der Waals surface area contributed by atoms with Crippen molar-refractivity contribution in [3.63, 3.8) is 0 Å². The number of halogens is 3. The van der Waals surface area contributed by atoms with Crippen molar-refractivity contribution < 1.29 is 18.0 Å². The number of anilines is 1. The van der Waals surface area contributed by atoms with Gasteiger partial charge in [0.1, 0.15) is 0 Å². The van der Waals surface area contributed by atoms with E-state index < -0.39 is 17.6 Å². The zero-order valence-electron chi connectivity index (χ0n) is 12.3. The van der Waals surface area contributed by atoms with Crippen molar-refractivity contribution in [3.05, 3.63) is 29.3 Å². The van der Waals surface area contributed by atoms with Gasteiger partial charge < -0.3 is 16.0 Å². The molecule has 7 heteroatoms. The molecule has 0 heterocycles. The molecule has 1 aromatic carbocycles. The van der Waals surface area contributed by atoms with E-state index in [1.807, 2.05) is 13.8 Å². The Bertz CT molecular complexity index is 501. The highest BCUT2D eigenvalue weighted by Gasteiger charge is 2.33. The molecule has 0 radical (unpaired) electrons. The molecule has 0 aliphatic rings. The molecule has 0 aliphatic carbocycles. The molecule has 0 saturated heterocycles. The number of likely N-dealkylation sites (N-methyl/N-ethyl adjacent to an activating group) is 1. The Morgan fingerprint density at radius 3 is 2.48 bits per heavy atom. The molecule has 0 aliphatic heterocycles. The summed E-state index contributed by atoms with van der Waals surface area (Å²) in [6.45, 7) is 3.72. The third kappa shape index (κ3) is 5.26. The summed E-state index contributed by atoms with van der Waals surface area (Å²) in [6.07, 6.45) is -4.45. The second kappa shape index (κ2) is 6.80. The molecule has 0 bridgehead atoms. The van der Waals surface area contributed by atoms with Crippen LogP contribution in [0.4, 0.5) is 18.9 Å². The van der Waals surface area contributed by atoms with E-state index in [2.05, 4.69) is 5.32 Å². The van der Waals surface area contributed by atoms with Gasteiger partial charge in [0.15, 0.2) is 0 Å². The molecule has 118 valence electrons. The summed E-state index contributed by atoms with van der Waals surface area (Å²) in [5.41, 5.74) is 4.82. The zero-order valence-corrected chi connectivity index (χ0v) is 12.3. The van der Waals surface area contributed by atoms with Crippen LogP contribution in [0.2, 0.25) is 0 Å². The molecule has 21 heavy (non-hydrogen) atoms. The minimum atomic E-state index is -4.45. The molecule has 1 aromatic rings. The number of rotatable bonds is 6. The van der Waals surface area contributed by atoms with E-state index in [1.54, 1.807) is 6.07 Å². The molecule has 0 atom stereocenters. The predicted octanol–water partition coefficient (Wildman–Crippen LogP) is 2.12. The van der Waals surface area contributed by atoms with E-state index in [9.17, 15) is 18.0 Å². The summed E-state index contributed by atoms with van der Waals surface area (Å²) >= 11 is 0. The van der Waals surface area contributed by atoms with Gasteiger partial charge in [0.25, 0.3) is 0 Å². The fourth-order valence-electron chi connectivity index (χ4n) is 1.86. The molecule has 0 unspecified atom stereocenters. The number of nitrogens with two attached hydrogens (primary N) is 1. The van der Waals surface area contributed by atoms with E-state index in [1.165, 1.54) is 18.0 Å². The van der Waals surface area contributed by atoms with Crippen molar-refractivity contribution in [2.24, 2.45) is 5.73 Å². The Kier molecular flexibility index (Phi) is 5.60. The number of nitrogens with one attached hydrogen (secondary N) is 1. The van der Waals surface area contributed by atoms with Crippen molar-refractivity contribution in [3.8, 4) is 0 Å². The number of alkyl halides is 3. The predicted molar refractivity (Wildman–Crippen MR) is 75.9 cm³/mol. The van der Waals surface area contributed by atoms with Gasteiger partial charge in [-0.05, 0) is 17.7 Å². The lowest BCUT2D eigenvalue weighted by Gasteiger charge is -2.21. The SMILES string of the molecule is CC(C)NCc1ccc(N(C)CC(N)=O)cc1C(F)(F)F. The van der Waals surface area contributed by atoms with E-state index >= 15 is 0 Å². The van der Waals surface area contributed by atoms with Gasteiger partial charge in [-0.3, -0.25) is 4.79 Å². The number of carbonyl (C=O) groups excluding carboxylic acids is 1. The Morgan fingerprint density at radius 2 is 2.00 bits per heavy atom. The van der Waals surface area contributed by atoms with Crippen LogP contribution in [0.1, 0.15) is 25.0 Å². The quantitative estimate of drug-likeness (QED) is 0.846. The van der Waals surface area contributed by atoms with Gasteiger partial charge in [-0.1, -0.05) is 19.9 Å². The van der Waals surface area contributed by atoms with Gasteiger partial charge in [0, 0.05) is 25.3 Å². The Labute approximate surface area is 122 Å². The molecule has 0 spiro atoms. The van der Waals surface area contributed by atoms with E-state index in [0.717, 1.165) is 6.07 Å². The summed E-state index contributed by atoms with van der Waals surface area (Å²) in [5.74, 6) is -0.600. The van der Waals surface area contributed by atoms with Gasteiger partial charge in [-0.25, -0.2) is 0 Å². The number of primary amides is 1. The molecular weight excluding hydrogens is 283 g/mol. The fraction of sp³-hybridized carbons (Fsp3) is 0.500. The van der Waals surface area contributed by atoms with Crippen LogP contribution in [0.3, 0.4) is 0 Å². The van der Waals surface area contributed by atoms with E-state index in [0.29, 0.717) is 5.69 Å². The first-order valence-corrected chi connectivity index (χ1v) is 6.54.